The maximum atomic E-state index is 12.4. The maximum absolute atomic E-state index is 12.4. The van der Waals surface area contributed by atoms with E-state index in [4.69, 9.17) is 9.47 Å². The lowest BCUT2D eigenvalue weighted by Crippen LogP contribution is -2.49. The van der Waals surface area contributed by atoms with Crippen molar-refractivity contribution in [2.75, 3.05) is 50.6 Å². The van der Waals surface area contributed by atoms with Gasteiger partial charge in [0, 0.05) is 37.6 Å². The van der Waals surface area contributed by atoms with Gasteiger partial charge in [-0.1, -0.05) is 0 Å². The smallest absolute Gasteiger partial charge is 0.233 e. The van der Waals surface area contributed by atoms with Gasteiger partial charge in [0.15, 0.2) is 0 Å². The van der Waals surface area contributed by atoms with Gasteiger partial charge in [0.1, 0.15) is 17.9 Å². The molecule has 0 bridgehead atoms. The van der Waals surface area contributed by atoms with Gasteiger partial charge >= 0.3 is 0 Å². The van der Waals surface area contributed by atoms with Crippen LogP contribution in [-0.2, 0) is 9.59 Å². The molecule has 7 nitrogen and oxygen atoms in total. The Morgan fingerprint density at radius 1 is 0.857 bits per heavy atom. The lowest BCUT2D eigenvalue weighted by Gasteiger charge is -2.36. The molecular formula is C21H25N3O4. The molecule has 1 aliphatic rings. The zero-order chi connectivity index (χ0) is 19.9. The molecule has 148 valence electrons. The minimum Gasteiger partial charge on any atom is -0.497 e. The molecule has 1 N–H and O–H groups in total. The van der Waals surface area contributed by atoms with E-state index in [1.807, 2.05) is 24.3 Å². The van der Waals surface area contributed by atoms with E-state index in [9.17, 15) is 9.59 Å². The van der Waals surface area contributed by atoms with Gasteiger partial charge in [-0.3, -0.25) is 9.59 Å². The predicted molar refractivity (Wildman–Crippen MR) is 108 cm³/mol. The van der Waals surface area contributed by atoms with Crippen molar-refractivity contribution < 1.29 is 19.1 Å². The highest BCUT2D eigenvalue weighted by Crippen LogP contribution is 2.21. The average molecular weight is 383 g/mol. The molecule has 3 rings (SSSR count). The van der Waals surface area contributed by atoms with E-state index >= 15 is 0 Å². The number of anilines is 2. The quantitative estimate of drug-likeness (QED) is 0.776. The third-order valence-electron chi connectivity index (χ3n) is 4.76. The lowest BCUT2D eigenvalue weighted by atomic mass is 10.2. The summed E-state index contributed by atoms with van der Waals surface area (Å²) in [6, 6.07) is 14.9. The van der Waals surface area contributed by atoms with Gasteiger partial charge in [-0.15, -0.1) is 0 Å². The standard InChI is InChI=1S/C21H25N3O4/c1-27-18-7-3-16(4-8-18)22-20(25)15-21(26)24-13-11-23(12-14-24)17-5-9-19(28-2)10-6-17/h3-10H,11-15H2,1-2H3,(H,22,25). The summed E-state index contributed by atoms with van der Waals surface area (Å²) in [6.45, 7) is 2.66. The topological polar surface area (TPSA) is 71.1 Å². The largest absolute Gasteiger partial charge is 0.497 e. The first-order valence-electron chi connectivity index (χ1n) is 9.19. The van der Waals surface area contributed by atoms with E-state index < -0.39 is 0 Å². The number of hydrogen-bond acceptors (Lipinski definition) is 5. The molecule has 0 aliphatic carbocycles. The third kappa shape index (κ3) is 4.94. The van der Waals surface area contributed by atoms with E-state index in [1.54, 1.807) is 43.4 Å². The van der Waals surface area contributed by atoms with E-state index in [2.05, 4.69) is 10.2 Å². The SMILES string of the molecule is COc1ccc(NC(=O)CC(=O)N2CCN(c3ccc(OC)cc3)CC2)cc1. The second kappa shape index (κ2) is 9.12. The summed E-state index contributed by atoms with van der Waals surface area (Å²) in [5.41, 5.74) is 1.74. The van der Waals surface area contributed by atoms with Crippen molar-refractivity contribution in [2.45, 2.75) is 6.42 Å². The fraction of sp³-hybridized carbons (Fsp3) is 0.333. The number of hydrogen-bond donors (Lipinski definition) is 1. The van der Waals surface area contributed by atoms with Crippen molar-refractivity contribution in [3.05, 3.63) is 48.5 Å². The molecule has 1 heterocycles. The number of nitrogens with one attached hydrogen (secondary N) is 1. The summed E-state index contributed by atoms with van der Waals surface area (Å²) in [5, 5.41) is 2.74. The van der Waals surface area contributed by atoms with E-state index in [0.29, 0.717) is 24.5 Å². The molecule has 2 amide bonds. The molecule has 1 fully saturated rings. The Bertz CT molecular complexity index is 797. The lowest BCUT2D eigenvalue weighted by molar-refractivity contribution is -0.134. The summed E-state index contributed by atoms with van der Waals surface area (Å²) in [5.74, 6) is 1.07. The van der Waals surface area contributed by atoms with Crippen LogP contribution in [0.2, 0.25) is 0 Å². The van der Waals surface area contributed by atoms with Gasteiger partial charge in [0.05, 0.1) is 14.2 Å². The second-order valence-corrected chi connectivity index (χ2v) is 6.52. The van der Waals surface area contributed by atoms with Crippen LogP contribution in [-0.4, -0.2) is 57.1 Å². The van der Waals surface area contributed by atoms with Crippen LogP contribution in [0.5, 0.6) is 11.5 Å². The number of rotatable bonds is 6. The number of methoxy groups -OCH3 is 2. The number of carbonyl (C=O) groups excluding carboxylic acids is 2. The molecule has 28 heavy (non-hydrogen) atoms. The molecule has 0 saturated carbocycles. The van der Waals surface area contributed by atoms with Gasteiger partial charge in [-0.05, 0) is 48.5 Å². The Morgan fingerprint density at radius 2 is 1.39 bits per heavy atom. The van der Waals surface area contributed by atoms with Crippen LogP contribution in [0.3, 0.4) is 0 Å². The van der Waals surface area contributed by atoms with Crippen LogP contribution >= 0.6 is 0 Å². The summed E-state index contributed by atoms with van der Waals surface area (Å²) in [6.07, 6.45) is -0.158. The molecule has 0 radical (unpaired) electrons. The molecule has 0 spiro atoms. The monoisotopic (exact) mass is 383 g/mol. The second-order valence-electron chi connectivity index (χ2n) is 6.52. The van der Waals surface area contributed by atoms with Crippen LogP contribution in [0.1, 0.15) is 6.42 Å². The molecule has 0 atom stereocenters. The van der Waals surface area contributed by atoms with E-state index in [0.717, 1.165) is 24.5 Å². The molecule has 2 aromatic rings. The first kappa shape index (κ1) is 19.5. The number of benzene rings is 2. The highest BCUT2D eigenvalue weighted by Gasteiger charge is 2.23. The maximum Gasteiger partial charge on any atom is 0.233 e. The number of piperazine rings is 1. The number of carbonyl (C=O) groups is 2. The van der Waals surface area contributed by atoms with Gasteiger partial charge in [-0.2, -0.15) is 0 Å². The number of amides is 2. The van der Waals surface area contributed by atoms with Crippen LogP contribution in [0, 0.1) is 0 Å². The van der Waals surface area contributed by atoms with Crippen LogP contribution < -0.4 is 19.7 Å². The van der Waals surface area contributed by atoms with E-state index in [1.165, 1.54) is 0 Å². The highest BCUT2D eigenvalue weighted by atomic mass is 16.5. The first-order chi connectivity index (χ1) is 13.6. The normalized spacial score (nSPS) is 13.8. The van der Waals surface area contributed by atoms with Crippen molar-refractivity contribution in [3.8, 4) is 11.5 Å². The van der Waals surface area contributed by atoms with Crippen LogP contribution in [0.4, 0.5) is 11.4 Å². The summed E-state index contributed by atoms with van der Waals surface area (Å²) in [7, 11) is 3.23. The molecular weight excluding hydrogens is 358 g/mol. The van der Waals surface area contributed by atoms with Crippen molar-refractivity contribution in [1.29, 1.82) is 0 Å². The third-order valence-corrected chi connectivity index (χ3v) is 4.76. The highest BCUT2D eigenvalue weighted by molar-refractivity contribution is 6.03. The van der Waals surface area contributed by atoms with Gasteiger partial charge in [0.2, 0.25) is 11.8 Å². The van der Waals surface area contributed by atoms with Crippen molar-refractivity contribution in [1.82, 2.24) is 4.90 Å². The fourth-order valence-electron chi connectivity index (χ4n) is 3.14. The summed E-state index contributed by atoms with van der Waals surface area (Å²) in [4.78, 5) is 28.6. The van der Waals surface area contributed by atoms with Gasteiger partial charge in [-0.25, -0.2) is 0 Å². The number of nitrogens with zero attached hydrogens (tertiary/aromatic N) is 2. The van der Waals surface area contributed by atoms with Crippen LogP contribution in [0.25, 0.3) is 0 Å². The van der Waals surface area contributed by atoms with Crippen molar-refractivity contribution in [3.63, 3.8) is 0 Å². The summed E-state index contributed by atoms with van der Waals surface area (Å²) >= 11 is 0. The number of ether oxygens (including phenoxy) is 2. The molecule has 2 aromatic carbocycles. The molecule has 0 unspecified atom stereocenters. The Kier molecular flexibility index (Phi) is 6.37. The van der Waals surface area contributed by atoms with E-state index in [-0.39, 0.29) is 18.2 Å². The average Bonchev–Trinajstić information content (AvgIpc) is 2.74. The van der Waals surface area contributed by atoms with Gasteiger partial charge < -0.3 is 24.6 Å². The summed E-state index contributed by atoms with van der Waals surface area (Å²) < 4.78 is 10.3. The first-order valence-corrected chi connectivity index (χ1v) is 9.19. The Balaban J connectivity index is 1.46. The minimum atomic E-state index is -0.312. The molecule has 0 aromatic heterocycles. The van der Waals surface area contributed by atoms with Crippen LogP contribution in [0.15, 0.2) is 48.5 Å². The Labute approximate surface area is 164 Å². The van der Waals surface area contributed by atoms with Crippen molar-refractivity contribution >= 4 is 23.2 Å². The molecule has 1 saturated heterocycles. The molecule has 7 heteroatoms. The predicted octanol–water partition coefficient (Wildman–Crippen LogP) is 2.38. The zero-order valence-corrected chi connectivity index (χ0v) is 16.2. The fourth-order valence-corrected chi connectivity index (χ4v) is 3.14. The zero-order valence-electron chi connectivity index (χ0n) is 16.2. The minimum absolute atomic E-state index is 0.152. The Morgan fingerprint density at radius 3 is 1.93 bits per heavy atom. The molecule has 1 aliphatic heterocycles. The van der Waals surface area contributed by atoms with Crippen molar-refractivity contribution in [2.24, 2.45) is 0 Å². The van der Waals surface area contributed by atoms with Gasteiger partial charge in [0.25, 0.3) is 0 Å². The Hall–Kier alpha value is -3.22.